The molecule has 1 aliphatic carbocycles. The second kappa shape index (κ2) is 7.72. The van der Waals surface area contributed by atoms with Gasteiger partial charge in [-0.05, 0) is 30.9 Å². The Balaban J connectivity index is 1.68. The standard InChI is InChI=1S/C18H26N6O2/c1-23(2)15-9-8-13(11-19-15)17(25)20-14-7-5-4-6-12(14)10-16-21-22-18(26)24(16)3/h8-9,11-12,14H,4-7,10H2,1-3H3,(H,20,25)(H,22,26)/t12-,14-/m1/s1. The SMILES string of the molecule is CN(C)c1ccc(C(=O)N[C@@H]2CCCC[C@@H]2Cc2n[nH]c(=O)n2C)cn1. The second-order valence-electron chi connectivity index (χ2n) is 7.13. The lowest BCUT2D eigenvalue weighted by Gasteiger charge is -2.32. The Labute approximate surface area is 152 Å². The maximum atomic E-state index is 12.6. The van der Waals surface area contributed by atoms with Crippen LogP contribution in [0.25, 0.3) is 0 Å². The maximum Gasteiger partial charge on any atom is 0.343 e. The Morgan fingerprint density at radius 3 is 2.73 bits per heavy atom. The molecule has 8 heteroatoms. The molecule has 1 saturated carbocycles. The third kappa shape index (κ3) is 3.95. The molecule has 0 spiro atoms. The summed E-state index contributed by atoms with van der Waals surface area (Å²) in [4.78, 5) is 30.4. The van der Waals surface area contributed by atoms with E-state index in [0.717, 1.165) is 37.3 Å². The van der Waals surface area contributed by atoms with Crippen molar-refractivity contribution in [3.8, 4) is 0 Å². The summed E-state index contributed by atoms with van der Waals surface area (Å²) >= 11 is 0. The number of rotatable bonds is 5. The molecule has 1 aliphatic rings. The summed E-state index contributed by atoms with van der Waals surface area (Å²) in [6.07, 6.45) is 6.48. The number of aromatic amines is 1. The molecule has 26 heavy (non-hydrogen) atoms. The van der Waals surface area contributed by atoms with Gasteiger partial charge in [-0.1, -0.05) is 12.8 Å². The molecule has 2 aromatic heterocycles. The zero-order valence-electron chi connectivity index (χ0n) is 15.5. The van der Waals surface area contributed by atoms with Gasteiger partial charge in [-0.3, -0.25) is 9.36 Å². The highest BCUT2D eigenvalue weighted by molar-refractivity contribution is 5.94. The second-order valence-corrected chi connectivity index (χ2v) is 7.13. The molecular formula is C18H26N6O2. The Kier molecular flexibility index (Phi) is 5.39. The highest BCUT2D eigenvalue weighted by Crippen LogP contribution is 2.27. The molecule has 0 saturated heterocycles. The van der Waals surface area contributed by atoms with Gasteiger partial charge in [0, 0.05) is 39.8 Å². The third-order valence-corrected chi connectivity index (χ3v) is 5.11. The van der Waals surface area contributed by atoms with E-state index in [1.54, 1.807) is 19.3 Å². The first-order valence-electron chi connectivity index (χ1n) is 9.00. The zero-order chi connectivity index (χ0) is 18.7. The number of H-pyrrole nitrogens is 1. The predicted molar refractivity (Wildman–Crippen MR) is 99.3 cm³/mol. The lowest BCUT2D eigenvalue weighted by Crippen LogP contribution is -2.43. The molecule has 140 valence electrons. The van der Waals surface area contributed by atoms with Gasteiger partial charge in [0.1, 0.15) is 11.6 Å². The molecule has 0 radical (unpaired) electrons. The quantitative estimate of drug-likeness (QED) is 0.834. The van der Waals surface area contributed by atoms with E-state index in [0.29, 0.717) is 12.0 Å². The average Bonchev–Trinajstić information content (AvgIpc) is 2.95. The van der Waals surface area contributed by atoms with Gasteiger partial charge in [-0.2, -0.15) is 5.10 Å². The van der Waals surface area contributed by atoms with Crippen molar-refractivity contribution in [3.05, 3.63) is 40.2 Å². The Morgan fingerprint density at radius 2 is 2.12 bits per heavy atom. The number of anilines is 1. The first-order chi connectivity index (χ1) is 12.5. The molecule has 1 amide bonds. The summed E-state index contributed by atoms with van der Waals surface area (Å²) in [7, 11) is 5.55. The zero-order valence-corrected chi connectivity index (χ0v) is 15.5. The van der Waals surface area contributed by atoms with Gasteiger partial charge in [0.25, 0.3) is 5.91 Å². The Hall–Kier alpha value is -2.64. The summed E-state index contributed by atoms with van der Waals surface area (Å²) in [5.41, 5.74) is 0.357. The molecule has 3 rings (SSSR count). The van der Waals surface area contributed by atoms with Gasteiger partial charge in [0.05, 0.1) is 5.56 Å². The fourth-order valence-electron chi connectivity index (χ4n) is 3.48. The molecule has 1 fully saturated rings. The van der Waals surface area contributed by atoms with E-state index in [1.807, 2.05) is 25.1 Å². The van der Waals surface area contributed by atoms with Crippen LogP contribution in [0.1, 0.15) is 41.9 Å². The first-order valence-corrected chi connectivity index (χ1v) is 9.00. The van der Waals surface area contributed by atoms with Crippen LogP contribution in [0.4, 0.5) is 5.82 Å². The van der Waals surface area contributed by atoms with Crippen LogP contribution in [0, 0.1) is 5.92 Å². The number of hydrogen-bond acceptors (Lipinski definition) is 5. The molecule has 2 atom stereocenters. The van der Waals surface area contributed by atoms with Crippen molar-refractivity contribution in [3.63, 3.8) is 0 Å². The van der Waals surface area contributed by atoms with Crippen LogP contribution in [-0.2, 0) is 13.5 Å². The van der Waals surface area contributed by atoms with Crippen molar-refractivity contribution in [2.45, 2.75) is 38.1 Å². The van der Waals surface area contributed by atoms with E-state index in [1.165, 1.54) is 4.57 Å². The number of nitrogens with zero attached hydrogens (tertiary/aromatic N) is 4. The molecule has 0 bridgehead atoms. The van der Waals surface area contributed by atoms with Gasteiger partial charge < -0.3 is 10.2 Å². The number of carbonyl (C=O) groups is 1. The predicted octanol–water partition coefficient (Wildman–Crippen LogP) is 1.10. The topological polar surface area (TPSA) is 95.9 Å². The largest absolute Gasteiger partial charge is 0.363 e. The molecule has 0 aliphatic heterocycles. The fraction of sp³-hybridized carbons (Fsp3) is 0.556. The summed E-state index contributed by atoms with van der Waals surface area (Å²) in [5.74, 6) is 1.72. The van der Waals surface area contributed by atoms with E-state index < -0.39 is 0 Å². The van der Waals surface area contributed by atoms with Crippen molar-refractivity contribution >= 4 is 11.7 Å². The summed E-state index contributed by atoms with van der Waals surface area (Å²) in [6, 6.07) is 3.72. The van der Waals surface area contributed by atoms with Crippen molar-refractivity contribution in [1.82, 2.24) is 25.1 Å². The van der Waals surface area contributed by atoms with Crippen LogP contribution in [0.3, 0.4) is 0 Å². The van der Waals surface area contributed by atoms with Crippen LogP contribution in [-0.4, -0.2) is 45.8 Å². The van der Waals surface area contributed by atoms with Crippen LogP contribution in [0.2, 0.25) is 0 Å². The van der Waals surface area contributed by atoms with Crippen molar-refractivity contribution in [2.24, 2.45) is 13.0 Å². The van der Waals surface area contributed by atoms with Gasteiger partial charge >= 0.3 is 5.69 Å². The number of aromatic nitrogens is 4. The number of nitrogens with one attached hydrogen (secondary N) is 2. The normalized spacial score (nSPS) is 20.0. The lowest BCUT2D eigenvalue weighted by atomic mass is 9.82. The fourth-order valence-corrected chi connectivity index (χ4v) is 3.48. The average molecular weight is 358 g/mol. The minimum atomic E-state index is -0.205. The van der Waals surface area contributed by atoms with Crippen molar-refractivity contribution in [2.75, 3.05) is 19.0 Å². The maximum absolute atomic E-state index is 12.6. The smallest absolute Gasteiger partial charge is 0.343 e. The molecule has 8 nitrogen and oxygen atoms in total. The molecular weight excluding hydrogens is 332 g/mol. The molecule has 0 aromatic carbocycles. The lowest BCUT2D eigenvalue weighted by molar-refractivity contribution is 0.0904. The Morgan fingerprint density at radius 1 is 1.35 bits per heavy atom. The minimum Gasteiger partial charge on any atom is -0.363 e. The number of carbonyl (C=O) groups excluding carboxylic acids is 1. The van der Waals surface area contributed by atoms with Gasteiger partial charge in [0.15, 0.2) is 0 Å². The van der Waals surface area contributed by atoms with E-state index in [4.69, 9.17) is 0 Å². The summed E-state index contributed by atoms with van der Waals surface area (Å²) in [6.45, 7) is 0. The summed E-state index contributed by atoms with van der Waals surface area (Å²) in [5, 5.41) is 9.75. The highest BCUT2D eigenvalue weighted by atomic mass is 16.2. The van der Waals surface area contributed by atoms with Gasteiger partial charge in [0.2, 0.25) is 0 Å². The van der Waals surface area contributed by atoms with E-state index in [2.05, 4.69) is 20.5 Å². The molecule has 2 heterocycles. The van der Waals surface area contributed by atoms with Crippen LogP contribution >= 0.6 is 0 Å². The van der Waals surface area contributed by atoms with E-state index >= 15 is 0 Å². The molecule has 2 aromatic rings. The Bertz CT molecular complexity index is 808. The van der Waals surface area contributed by atoms with E-state index in [-0.39, 0.29) is 23.6 Å². The number of hydrogen-bond donors (Lipinski definition) is 2. The third-order valence-electron chi connectivity index (χ3n) is 5.11. The van der Waals surface area contributed by atoms with Crippen LogP contribution in [0.5, 0.6) is 0 Å². The van der Waals surface area contributed by atoms with Gasteiger partial charge in [-0.15, -0.1) is 0 Å². The highest BCUT2D eigenvalue weighted by Gasteiger charge is 2.28. The van der Waals surface area contributed by atoms with Crippen molar-refractivity contribution < 1.29 is 4.79 Å². The van der Waals surface area contributed by atoms with E-state index in [9.17, 15) is 9.59 Å². The van der Waals surface area contributed by atoms with Crippen LogP contribution < -0.4 is 15.9 Å². The summed E-state index contributed by atoms with van der Waals surface area (Å²) < 4.78 is 1.54. The number of amides is 1. The number of pyridine rings is 1. The first kappa shape index (κ1) is 18.2. The monoisotopic (exact) mass is 358 g/mol. The molecule has 2 N–H and O–H groups in total. The molecule has 0 unspecified atom stereocenters. The minimum absolute atomic E-state index is 0.0802. The van der Waals surface area contributed by atoms with Crippen molar-refractivity contribution in [1.29, 1.82) is 0 Å². The van der Waals surface area contributed by atoms with Gasteiger partial charge in [-0.25, -0.2) is 14.9 Å². The van der Waals surface area contributed by atoms with Crippen LogP contribution in [0.15, 0.2) is 23.1 Å².